The summed E-state index contributed by atoms with van der Waals surface area (Å²) in [7, 11) is 4.37. The molecule has 0 saturated carbocycles. The number of nitrogens with one attached hydrogen (secondary N) is 1. The van der Waals surface area contributed by atoms with E-state index in [1.165, 1.54) is 0 Å². The van der Waals surface area contributed by atoms with Crippen LogP contribution in [0.1, 0.15) is 59.3 Å². The van der Waals surface area contributed by atoms with Crippen molar-refractivity contribution in [1.29, 1.82) is 0 Å². The van der Waals surface area contributed by atoms with E-state index in [0.29, 0.717) is 12.1 Å². The summed E-state index contributed by atoms with van der Waals surface area (Å²) in [6, 6.07) is 0.719. The largest absolute Gasteiger partial charge is 0.312 e. The van der Waals surface area contributed by atoms with Crippen LogP contribution in [0.2, 0.25) is 0 Å². The van der Waals surface area contributed by atoms with Crippen molar-refractivity contribution in [3.8, 4) is 0 Å². The van der Waals surface area contributed by atoms with Crippen LogP contribution in [0.4, 0.5) is 0 Å². The predicted octanol–water partition coefficient (Wildman–Crippen LogP) is 2.50. The number of nitrogens with zero attached hydrogens (tertiary/aromatic N) is 4. The number of hydrogen-bond acceptors (Lipinski definition) is 4. The third-order valence-electron chi connectivity index (χ3n) is 4.74. The minimum atomic E-state index is 0.143. The Bertz CT molecular complexity index is 407. The summed E-state index contributed by atoms with van der Waals surface area (Å²) in [6.45, 7) is 12.0. The van der Waals surface area contributed by atoms with E-state index in [4.69, 9.17) is 0 Å². The molecule has 0 bridgehead atoms. The van der Waals surface area contributed by atoms with Gasteiger partial charge in [-0.1, -0.05) is 20.8 Å². The molecule has 0 aromatic carbocycles. The highest BCUT2D eigenvalue weighted by molar-refractivity contribution is 5.03. The Morgan fingerprint density at radius 3 is 2.29 bits per heavy atom. The van der Waals surface area contributed by atoms with Crippen LogP contribution in [-0.2, 0) is 6.42 Å². The highest BCUT2D eigenvalue weighted by atomic mass is 15.3. The Labute approximate surface area is 130 Å². The highest BCUT2D eigenvalue weighted by Crippen LogP contribution is 2.28. The van der Waals surface area contributed by atoms with Crippen LogP contribution < -0.4 is 5.32 Å². The topological polar surface area (TPSA) is 46.0 Å². The van der Waals surface area contributed by atoms with Crippen LogP contribution >= 0.6 is 0 Å². The van der Waals surface area contributed by atoms with E-state index in [2.05, 4.69) is 69.0 Å². The van der Waals surface area contributed by atoms with Gasteiger partial charge in [0.05, 0.1) is 0 Å². The van der Waals surface area contributed by atoms with E-state index in [0.717, 1.165) is 31.6 Å². The normalized spacial score (nSPS) is 14.1. The molecule has 1 unspecified atom stereocenters. The van der Waals surface area contributed by atoms with Crippen LogP contribution in [0.3, 0.4) is 0 Å². The lowest BCUT2D eigenvalue weighted by molar-refractivity contribution is 0.0873. The lowest BCUT2D eigenvalue weighted by Gasteiger charge is -2.45. The summed E-state index contributed by atoms with van der Waals surface area (Å²) in [5.74, 6) is 1.07. The smallest absolute Gasteiger partial charge is 0.138 e. The summed E-state index contributed by atoms with van der Waals surface area (Å²) < 4.78 is 2.04. The van der Waals surface area contributed by atoms with E-state index >= 15 is 0 Å². The van der Waals surface area contributed by atoms with Gasteiger partial charge in [-0.2, -0.15) is 5.10 Å². The molecule has 0 aliphatic carbocycles. The summed E-state index contributed by atoms with van der Waals surface area (Å²) in [5, 5.41) is 8.06. The zero-order valence-electron chi connectivity index (χ0n) is 14.8. The van der Waals surface area contributed by atoms with Gasteiger partial charge in [-0.15, -0.1) is 0 Å². The third-order valence-corrected chi connectivity index (χ3v) is 4.74. The molecular formula is C16H33N5. The Morgan fingerprint density at radius 2 is 1.86 bits per heavy atom. The molecule has 1 aromatic rings. The van der Waals surface area contributed by atoms with Crippen LogP contribution in [-0.4, -0.2) is 51.9 Å². The summed E-state index contributed by atoms with van der Waals surface area (Å²) in [6.07, 6.45) is 4.81. The van der Waals surface area contributed by atoms with E-state index < -0.39 is 0 Å². The second-order valence-electron chi connectivity index (χ2n) is 6.23. The fraction of sp³-hybridized carbons (Fsp3) is 0.875. The van der Waals surface area contributed by atoms with Crippen molar-refractivity contribution in [2.45, 2.75) is 71.5 Å². The second kappa shape index (κ2) is 7.90. The predicted molar refractivity (Wildman–Crippen MR) is 88.6 cm³/mol. The van der Waals surface area contributed by atoms with Gasteiger partial charge in [-0.3, -0.25) is 0 Å². The molecule has 1 atom stereocenters. The van der Waals surface area contributed by atoms with Crippen LogP contribution in [0.5, 0.6) is 0 Å². The van der Waals surface area contributed by atoms with Crippen molar-refractivity contribution in [3.63, 3.8) is 0 Å². The quantitative estimate of drug-likeness (QED) is 0.760. The molecule has 0 radical (unpaired) electrons. The van der Waals surface area contributed by atoms with Gasteiger partial charge in [0.25, 0.3) is 0 Å². The number of rotatable bonds is 9. The van der Waals surface area contributed by atoms with Crippen molar-refractivity contribution in [2.24, 2.45) is 0 Å². The summed E-state index contributed by atoms with van der Waals surface area (Å²) in [5.41, 5.74) is 0.143. The molecule has 0 fully saturated rings. The Kier molecular flexibility index (Phi) is 6.81. The van der Waals surface area contributed by atoms with Gasteiger partial charge in [-0.25, -0.2) is 9.67 Å². The Hall–Kier alpha value is -0.940. The maximum atomic E-state index is 4.49. The molecule has 0 aliphatic heterocycles. The summed E-state index contributed by atoms with van der Waals surface area (Å²) in [4.78, 5) is 6.87. The van der Waals surface area contributed by atoms with Crippen molar-refractivity contribution in [1.82, 2.24) is 25.0 Å². The van der Waals surface area contributed by atoms with Gasteiger partial charge < -0.3 is 10.2 Å². The first kappa shape index (κ1) is 18.1. The zero-order valence-corrected chi connectivity index (χ0v) is 14.8. The van der Waals surface area contributed by atoms with Crippen molar-refractivity contribution < 1.29 is 0 Å². The molecule has 122 valence electrons. The standard InChI is InChI=1S/C16H33N5/c1-8-16(9-2,20(6)7)14(17-10-3)11-15-18-12-19-21(15)13(4)5/h12-14,17H,8-11H2,1-7H3. The van der Waals surface area contributed by atoms with Gasteiger partial charge in [-0.05, 0) is 47.3 Å². The monoisotopic (exact) mass is 295 g/mol. The van der Waals surface area contributed by atoms with Crippen molar-refractivity contribution in [2.75, 3.05) is 20.6 Å². The van der Waals surface area contributed by atoms with E-state index in [1.54, 1.807) is 6.33 Å². The maximum absolute atomic E-state index is 4.49. The molecule has 1 rings (SSSR count). The molecule has 0 saturated heterocycles. The zero-order chi connectivity index (χ0) is 16.0. The first-order chi connectivity index (χ1) is 9.92. The van der Waals surface area contributed by atoms with Crippen LogP contribution in [0, 0.1) is 0 Å². The minimum absolute atomic E-state index is 0.143. The average molecular weight is 295 g/mol. The average Bonchev–Trinajstić information content (AvgIpc) is 2.89. The first-order valence-electron chi connectivity index (χ1n) is 8.22. The molecular weight excluding hydrogens is 262 g/mol. The number of hydrogen-bond donors (Lipinski definition) is 1. The van der Waals surface area contributed by atoms with Crippen LogP contribution in [0.15, 0.2) is 6.33 Å². The summed E-state index contributed by atoms with van der Waals surface area (Å²) >= 11 is 0. The maximum Gasteiger partial charge on any atom is 0.138 e. The third kappa shape index (κ3) is 3.83. The van der Waals surface area contributed by atoms with E-state index in [9.17, 15) is 0 Å². The van der Waals surface area contributed by atoms with Crippen LogP contribution in [0.25, 0.3) is 0 Å². The van der Waals surface area contributed by atoms with Crippen molar-refractivity contribution >= 4 is 0 Å². The number of aromatic nitrogens is 3. The molecule has 1 aromatic heterocycles. The van der Waals surface area contributed by atoms with Gasteiger partial charge >= 0.3 is 0 Å². The molecule has 21 heavy (non-hydrogen) atoms. The molecule has 0 aliphatic rings. The lowest BCUT2D eigenvalue weighted by atomic mass is 9.81. The van der Waals surface area contributed by atoms with E-state index in [-0.39, 0.29) is 5.54 Å². The molecule has 1 N–H and O–H groups in total. The fourth-order valence-electron chi connectivity index (χ4n) is 3.42. The molecule has 5 nitrogen and oxygen atoms in total. The fourth-order valence-corrected chi connectivity index (χ4v) is 3.42. The molecule has 1 heterocycles. The second-order valence-corrected chi connectivity index (χ2v) is 6.23. The lowest BCUT2D eigenvalue weighted by Crippen LogP contribution is -2.59. The van der Waals surface area contributed by atoms with Gasteiger partial charge in [0.2, 0.25) is 0 Å². The number of likely N-dealkylation sites (N-methyl/N-ethyl adjacent to an activating group) is 2. The molecule has 0 spiro atoms. The first-order valence-corrected chi connectivity index (χ1v) is 8.22. The molecule has 5 heteroatoms. The minimum Gasteiger partial charge on any atom is -0.312 e. The van der Waals surface area contributed by atoms with Gasteiger partial charge in [0.15, 0.2) is 0 Å². The Balaban J connectivity index is 3.08. The van der Waals surface area contributed by atoms with Crippen molar-refractivity contribution in [3.05, 3.63) is 12.2 Å². The highest BCUT2D eigenvalue weighted by Gasteiger charge is 2.38. The van der Waals surface area contributed by atoms with Gasteiger partial charge in [0.1, 0.15) is 12.2 Å². The van der Waals surface area contributed by atoms with E-state index in [1.807, 2.05) is 4.68 Å². The van der Waals surface area contributed by atoms with Gasteiger partial charge in [0, 0.05) is 24.0 Å². The Morgan fingerprint density at radius 1 is 1.24 bits per heavy atom. The molecule has 0 amide bonds. The SMILES string of the molecule is CCNC(Cc1ncnn1C(C)C)C(CC)(CC)N(C)C.